The number of hydrazone groups is 1. The fourth-order valence-electron chi connectivity index (χ4n) is 2.82. The molecule has 3 aromatic rings. The fourth-order valence-corrected chi connectivity index (χ4v) is 3.73. The average Bonchev–Trinajstić information content (AvgIpc) is 2.79. The summed E-state index contributed by atoms with van der Waals surface area (Å²) < 4.78 is 28.8. The molecular formula is C26H25N3O2S. The van der Waals surface area contributed by atoms with Crippen molar-refractivity contribution in [3.63, 3.8) is 0 Å². The molecule has 6 heteroatoms. The summed E-state index contributed by atoms with van der Waals surface area (Å²) >= 11 is 0. The van der Waals surface area contributed by atoms with Crippen molar-refractivity contribution in [1.82, 2.24) is 0 Å². The zero-order valence-corrected chi connectivity index (χ0v) is 18.8. The highest BCUT2D eigenvalue weighted by Gasteiger charge is 2.11. The average molecular weight is 444 g/mol. The molecular weight excluding hydrogens is 418 g/mol. The lowest BCUT2D eigenvalue weighted by molar-refractivity contribution is 0.598. The molecule has 0 bridgehead atoms. The molecule has 0 radical (unpaired) electrons. The predicted octanol–water partition coefficient (Wildman–Crippen LogP) is 6.05. The van der Waals surface area contributed by atoms with E-state index in [-0.39, 0.29) is 4.90 Å². The van der Waals surface area contributed by atoms with E-state index < -0.39 is 10.0 Å². The second-order valence-corrected chi connectivity index (χ2v) is 8.83. The summed E-state index contributed by atoms with van der Waals surface area (Å²) in [5, 5.41) is 4.20. The summed E-state index contributed by atoms with van der Waals surface area (Å²) in [4.78, 5) is 0.121. The van der Waals surface area contributed by atoms with E-state index in [1.165, 1.54) is 18.3 Å². The Morgan fingerprint density at radius 3 is 1.75 bits per heavy atom. The number of nitrogens with one attached hydrogen (secondary N) is 1. The molecule has 0 unspecified atom stereocenters. The second-order valence-electron chi connectivity index (χ2n) is 7.20. The van der Waals surface area contributed by atoms with Crippen LogP contribution in [0.2, 0.25) is 0 Å². The Morgan fingerprint density at radius 1 is 0.719 bits per heavy atom. The van der Waals surface area contributed by atoms with E-state index in [4.69, 9.17) is 0 Å². The molecule has 0 amide bonds. The van der Waals surface area contributed by atoms with Crippen LogP contribution in [0.5, 0.6) is 0 Å². The van der Waals surface area contributed by atoms with Crippen molar-refractivity contribution in [3.8, 4) is 0 Å². The zero-order chi connectivity index (χ0) is 22.8. The molecule has 162 valence electrons. The molecule has 0 aliphatic carbocycles. The molecule has 0 saturated carbocycles. The summed E-state index contributed by atoms with van der Waals surface area (Å²) in [6.45, 7) is 3.77. The van der Waals surface area contributed by atoms with Crippen LogP contribution < -0.4 is 5.43 Å². The topological polar surface area (TPSA) is 70.9 Å². The molecule has 5 nitrogen and oxygen atoms in total. The summed E-state index contributed by atoms with van der Waals surface area (Å²) in [6, 6.07) is 26.0. The number of sulfonamides is 1. The van der Waals surface area contributed by atoms with Crippen molar-refractivity contribution in [2.75, 3.05) is 5.43 Å². The van der Waals surface area contributed by atoms with Gasteiger partial charge in [-0.2, -0.15) is 17.9 Å². The largest absolute Gasteiger partial charge is 0.282 e. The normalized spacial score (nSPS) is 13.1. The van der Waals surface area contributed by atoms with Gasteiger partial charge in [0, 0.05) is 6.21 Å². The van der Waals surface area contributed by atoms with Crippen LogP contribution in [0.3, 0.4) is 0 Å². The number of allylic oxidation sites excluding steroid dienone is 2. The van der Waals surface area contributed by atoms with Crippen molar-refractivity contribution < 1.29 is 8.42 Å². The monoisotopic (exact) mass is 443 g/mol. The lowest BCUT2D eigenvalue weighted by Crippen LogP contribution is -1.98. The summed E-state index contributed by atoms with van der Waals surface area (Å²) in [6.07, 6.45) is 6.97. The minimum absolute atomic E-state index is 0.121. The third-order valence-electron chi connectivity index (χ3n) is 4.40. The standard InChI is InChI=1S/C26H25N3O2S/c1-21(17-23-9-5-3-6-10-23)19-27-29-25-13-15-26(16-14-25)32(30,31)28-20-22(2)18-24-11-7-4-8-12-24/h3-20,29H,1-2H3/b21-17+,22-18+,27-19+,28-20?. The minimum atomic E-state index is -3.78. The van der Waals surface area contributed by atoms with Gasteiger partial charge in [0.15, 0.2) is 0 Å². The zero-order valence-electron chi connectivity index (χ0n) is 18.0. The molecule has 0 fully saturated rings. The molecule has 1 N–H and O–H groups in total. The van der Waals surface area contributed by atoms with Gasteiger partial charge in [0.05, 0.1) is 16.8 Å². The molecule has 0 saturated heterocycles. The third-order valence-corrected chi connectivity index (χ3v) is 5.65. The summed E-state index contributed by atoms with van der Waals surface area (Å²) in [5.74, 6) is 0. The van der Waals surface area contributed by atoms with Crippen LogP contribution in [0.4, 0.5) is 5.69 Å². The van der Waals surface area contributed by atoms with Crippen molar-refractivity contribution in [2.24, 2.45) is 9.50 Å². The van der Waals surface area contributed by atoms with Crippen LogP contribution in [-0.4, -0.2) is 20.8 Å². The van der Waals surface area contributed by atoms with Crippen LogP contribution in [0, 0.1) is 0 Å². The van der Waals surface area contributed by atoms with Crippen LogP contribution in [0.15, 0.2) is 110 Å². The molecule has 0 spiro atoms. The van der Waals surface area contributed by atoms with Crippen LogP contribution in [0.1, 0.15) is 25.0 Å². The Hall–Kier alpha value is -3.77. The Kier molecular flexibility index (Phi) is 7.89. The lowest BCUT2D eigenvalue weighted by atomic mass is 10.1. The van der Waals surface area contributed by atoms with Gasteiger partial charge in [-0.15, -0.1) is 0 Å². The first-order chi connectivity index (χ1) is 15.4. The maximum atomic E-state index is 12.5. The van der Waals surface area contributed by atoms with E-state index in [9.17, 15) is 8.42 Å². The number of hydrogen-bond donors (Lipinski definition) is 1. The Balaban J connectivity index is 1.61. The molecule has 0 heterocycles. The third kappa shape index (κ3) is 7.18. The second kappa shape index (κ2) is 11.0. The molecule has 3 aromatic carbocycles. The smallest absolute Gasteiger partial charge is 0.279 e. The van der Waals surface area contributed by atoms with Gasteiger partial charge in [-0.3, -0.25) is 5.43 Å². The molecule has 0 aromatic heterocycles. The highest BCUT2D eigenvalue weighted by Crippen LogP contribution is 2.16. The van der Waals surface area contributed by atoms with E-state index in [1.807, 2.05) is 86.7 Å². The molecule has 0 atom stereocenters. The lowest BCUT2D eigenvalue weighted by Gasteiger charge is -2.03. The Morgan fingerprint density at radius 2 is 1.22 bits per heavy atom. The van der Waals surface area contributed by atoms with E-state index in [2.05, 4.69) is 14.9 Å². The first kappa shape index (κ1) is 22.9. The van der Waals surface area contributed by atoms with Crippen molar-refractivity contribution in [2.45, 2.75) is 18.7 Å². The van der Waals surface area contributed by atoms with E-state index in [0.717, 1.165) is 22.3 Å². The van der Waals surface area contributed by atoms with Crippen LogP contribution in [-0.2, 0) is 10.0 Å². The van der Waals surface area contributed by atoms with Crippen LogP contribution >= 0.6 is 0 Å². The molecule has 32 heavy (non-hydrogen) atoms. The maximum Gasteiger partial charge on any atom is 0.282 e. The first-order valence-electron chi connectivity index (χ1n) is 10.1. The quantitative estimate of drug-likeness (QED) is 0.340. The van der Waals surface area contributed by atoms with E-state index in [1.54, 1.807) is 18.3 Å². The highest BCUT2D eigenvalue weighted by molar-refractivity contribution is 7.90. The molecule has 0 aliphatic rings. The van der Waals surface area contributed by atoms with Crippen LogP contribution in [0.25, 0.3) is 12.2 Å². The number of rotatable bonds is 8. The number of anilines is 1. The van der Waals surface area contributed by atoms with Crippen molar-refractivity contribution in [1.29, 1.82) is 0 Å². The minimum Gasteiger partial charge on any atom is -0.279 e. The highest BCUT2D eigenvalue weighted by atomic mass is 32.2. The van der Waals surface area contributed by atoms with E-state index >= 15 is 0 Å². The van der Waals surface area contributed by atoms with Gasteiger partial charge < -0.3 is 0 Å². The van der Waals surface area contributed by atoms with Gasteiger partial charge in [0.25, 0.3) is 10.0 Å². The maximum absolute atomic E-state index is 12.5. The van der Waals surface area contributed by atoms with Gasteiger partial charge in [-0.25, -0.2) is 0 Å². The fraction of sp³-hybridized carbons (Fsp3) is 0.0769. The van der Waals surface area contributed by atoms with E-state index in [0.29, 0.717) is 5.69 Å². The van der Waals surface area contributed by atoms with Gasteiger partial charge >= 0.3 is 0 Å². The first-order valence-corrected chi connectivity index (χ1v) is 11.5. The van der Waals surface area contributed by atoms with Gasteiger partial charge in [-0.05, 0) is 60.4 Å². The Bertz CT molecular complexity index is 1240. The van der Waals surface area contributed by atoms with Crippen molar-refractivity contribution in [3.05, 3.63) is 107 Å². The molecule has 3 rings (SSSR count). The summed E-state index contributed by atoms with van der Waals surface area (Å²) in [7, 11) is -3.78. The Labute approximate surface area is 189 Å². The van der Waals surface area contributed by atoms with Gasteiger partial charge in [0.2, 0.25) is 0 Å². The predicted molar refractivity (Wildman–Crippen MR) is 134 cm³/mol. The number of benzene rings is 3. The number of nitrogens with zero attached hydrogens (tertiary/aromatic N) is 2. The molecule has 0 aliphatic heterocycles. The van der Waals surface area contributed by atoms with Gasteiger partial charge in [-0.1, -0.05) is 72.8 Å². The summed E-state index contributed by atoms with van der Waals surface area (Å²) in [5.41, 5.74) is 7.39. The van der Waals surface area contributed by atoms with Gasteiger partial charge in [0.1, 0.15) is 0 Å². The number of hydrogen-bond acceptors (Lipinski definition) is 4. The SMILES string of the molecule is C/C(C=NS(=O)(=O)c1ccc(N/N=C/C(C)=C/c2ccccc2)cc1)=C\c1ccccc1. The van der Waals surface area contributed by atoms with Crippen molar-refractivity contribution >= 4 is 40.3 Å².